The maximum atomic E-state index is 12.7. The van der Waals surface area contributed by atoms with E-state index in [4.69, 9.17) is 9.47 Å². The van der Waals surface area contributed by atoms with Crippen molar-refractivity contribution in [2.75, 3.05) is 33.9 Å². The van der Waals surface area contributed by atoms with Crippen LogP contribution in [0.5, 0.6) is 11.5 Å². The Balaban J connectivity index is 0.00000220. The molecule has 1 fully saturated rings. The van der Waals surface area contributed by atoms with E-state index in [9.17, 15) is 4.79 Å². The van der Waals surface area contributed by atoms with Gasteiger partial charge in [-0.2, -0.15) is 0 Å². The second kappa shape index (κ2) is 8.05. The lowest BCUT2D eigenvalue weighted by molar-refractivity contribution is 0.0654. The van der Waals surface area contributed by atoms with Crippen LogP contribution in [0.15, 0.2) is 12.1 Å². The van der Waals surface area contributed by atoms with Gasteiger partial charge in [0.1, 0.15) is 0 Å². The van der Waals surface area contributed by atoms with Gasteiger partial charge in [-0.1, -0.05) is 0 Å². The molecular formula is C14H20ClIN2O3. The van der Waals surface area contributed by atoms with Gasteiger partial charge in [0.2, 0.25) is 0 Å². The van der Waals surface area contributed by atoms with E-state index in [1.54, 1.807) is 20.3 Å². The maximum absolute atomic E-state index is 12.7. The van der Waals surface area contributed by atoms with E-state index in [1.807, 2.05) is 11.0 Å². The number of carbonyl (C=O) groups excluding carboxylic acids is 1. The van der Waals surface area contributed by atoms with Gasteiger partial charge in [0.05, 0.1) is 19.8 Å². The smallest absolute Gasteiger partial charge is 0.255 e. The first-order valence-electron chi connectivity index (χ1n) is 6.51. The molecule has 1 aliphatic heterocycles. The lowest BCUT2D eigenvalue weighted by atomic mass is 10.1. The normalized spacial score (nSPS) is 17.9. The van der Waals surface area contributed by atoms with Crippen LogP contribution in [-0.4, -0.2) is 50.7 Å². The van der Waals surface area contributed by atoms with Crippen molar-refractivity contribution in [3.8, 4) is 11.5 Å². The molecule has 1 atom stereocenters. The molecule has 1 N–H and O–H groups in total. The Morgan fingerprint density at radius 3 is 2.52 bits per heavy atom. The lowest BCUT2D eigenvalue weighted by Gasteiger charge is -2.34. The van der Waals surface area contributed by atoms with Crippen molar-refractivity contribution in [3.63, 3.8) is 0 Å². The summed E-state index contributed by atoms with van der Waals surface area (Å²) >= 11 is 2.16. The largest absolute Gasteiger partial charge is 0.493 e. The number of rotatable bonds is 3. The third kappa shape index (κ3) is 3.92. The summed E-state index contributed by atoms with van der Waals surface area (Å²) in [6, 6.07) is 3.79. The molecule has 21 heavy (non-hydrogen) atoms. The van der Waals surface area contributed by atoms with Crippen molar-refractivity contribution < 1.29 is 14.3 Å². The van der Waals surface area contributed by atoms with Gasteiger partial charge in [0.15, 0.2) is 11.5 Å². The predicted octanol–water partition coefficient (Wildman–Crippen LogP) is 2.16. The SMILES string of the molecule is COc1cc(I)c(C(=O)N2CCNCC2C)cc1OC.Cl. The monoisotopic (exact) mass is 426 g/mol. The number of amides is 1. The number of carbonyl (C=O) groups is 1. The molecule has 1 saturated heterocycles. The second-order valence-corrected chi connectivity index (χ2v) is 5.90. The van der Waals surface area contributed by atoms with Gasteiger partial charge in [-0.3, -0.25) is 4.79 Å². The third-order valence-corrected chi connectivity index (χ3v) is 4.36. The highest BCUT2D eigenvalue weighted by atomic mass is 127. The molecule has 2 rings (SSSR count). The number of benzene rings is 1. The van der Waals surface area contributed by atoms with E-state index >= 15 is 0 Å². The Morgan fingerprint density at radius 1 is 1.33 bits per heavy atom. The molecule has 0 aromatic heterocycles. The van der Waals surface area contributed by atoms with E-state index < -0.39 is 0 Å². The van der Waals surface area contributed by atoms with E-state index in [2.05, 4.69) is 34.8 Å². The average molecular weight is 427 g/mol. The predicted molar refractivity (Wildman–Crippen MR) is 92.9 cm³/mol. The fraction of sp³-hybridized carbons (Fsp3) is 0.500. The van der Waals surface area contributed by atoms with Crippen LogP contribution >= 0.6 is 35.0 Å². The molecule has 1 unspecified atom stereocenters. The molecule has 0 radical (unpaired) electrons. The van der Waals surface area contributed by atoms with Gasteiger partial charge in [0.25, 0.3) is 5.91 Å². The molecule has 1 amide bonds. The Labute approximate surface area is 144 Å². The molecule has 7 heteroatoms. The number of nitrogens with one attached hydrogen (secondary N) is 1. The molecule has 0 saturated carbocycles. The summed E-state index contributed by atoms with van der Waals surface area (Å²) in [5.41, 5.74) is 0.664. The highest BCUT2D eigenvalue weighted by Crippen LogP contribution is 2.32. The number of ether oxygens (including phenoxy) is 2. The number of nitrogens with zero attached hydrogens (tertiary/aromatic N) is 1. The second-order valence-electron chi connectivity index (χ2n) is 4.74. The van der Waals surface area contributed by atoms with Gasteiger partial charge in [-0.25, -0.2) is 0 Å². The molecule has 118 valence electrons. The van der Waals surface area contributed by atoms with Crippen molar-refractivity contribution in [2.45, 2.75) is 13.0 Å². The summed E-state index contributed by atoms with van der Waals surface area (Å²) in [6.07, 6.45) is 0. The van der Waals surface area contributed by atoms with Crippen LogP contribution in [0.4, 0.5) is 0 Å². The van der Waals surface area contributed by atoms with Crippen LogP contribution in [0, 0.1) is 3.57 Å². The average Bonchev–Trinajstić information content (AvgIpc) is 2.46. The van der Waals surface area contributed by atoms with Crippen molar-refractivity contribution in [2.24, 2.45) is 0 Å². The number of hydrogen-bond acceptors (Lipinski definition) is 4. The number of hydrogen-bond donors (Lipinski definition) is 1. The molecule has 1 aromatic rings. The number of piperazine rings is 1. The summed E-state index contributed by atoms with van der Waals surface area (Å²) < 4.78 is 11.4. The van der Waals surface area contributed by atoms with E-state index in [0.717, 1.165) is 23.2 Å². The highest BCUT2D eigenvalue weighted by molar-refractivity contribution is 14.1. The summed E-state index contributed by atoms with van der Waals surface area (Å²) in [7, 11) is 3.17. The van der Waals surface area contributed by atoms with Crippen LogP contribution in [0.25, 0.3) is 0 Å². The van der Waals surface area contributed by atoms with Crippen LogP contribution < -0.4 is 14.8 Å². The van der Waals surface area contributed by atoms with Crippen molar-refractivity contribution in [1.82, 2.24) is 10.2 Å². The van der Waals surface area contributed by atoms with E-state index in [0.29, 0.717) is 17.1 Å². The Bertz CT molecular complexity index is 513. The van der Waals surface area contributed by atoms with Crippen LogP contribution in [0.1, 0.15) is 17.3 Å². The molecule has 1 aromatic carbocycles. The summed E-state index contributed by atoms with van der Waals surface area (Å²) in [6.45, 7) is 4.44. The maximum Gasteiger partial charge on any atom is 0.255 e. The fourth-order valence-electron chi connectivity index (χ4n) is 2.32. The number of methoxy groups -OCH3 is 2. The molecule has 0 bridgehead atoms. The fourth-order valence-corrected chi connectivity index (χ4v) is 2.98. The first kappa shape index (κ1) is 18.3. The highest BCUT2D eigenvalue weighted by Gasteiger charge is 2.26. The van der Waals surface area contributed by atoms with Gasteiger partial charge in [-0.05, 0) is 41.6 Å². The molecule has 0 aliphatic carbocycles. The minimum Gasteiger partial charge on any atom is -0.493 e. The van der Waals surface area contributed by atoms with Gasteiger partial charge >= 0.3 is 0 Å². The van der Waals surface area contributed by atoms with Crippen LogP contribution in [0.3, 0.4) is 0 Å². The summed E-state index contributed by atoms with van der Waals surface area (Å²) in [5.74, 6) is 1.27. The van der Waals surface area contributed by atoms with Gasteiger partial charge in [-0.15, -0.1) is 12.4 Å². The zero-order chi connectivity index (χ0) is 14.7. The molecule has 1 heterocycles. The third-order valence-electron chi connectivity index (χ3n) is 3.47. The van der Waals surface area contributed by atoms with E-state index in [-0.39, 0.29) is 24.4 Å². The van der Waals surface area contributed by atoms with Crippen LogP contribution in [0.2, 0.25) is 0 Å². The van der Waals surface area contributed by atoms with Crippen LogP contribution in [-0.2, 0) is 0 Å². The van der Waals surface area contributed by atoms with Crippen molar-refractivity contribution in [1.29, 1.82) is 0 Å². The topological polar surface area (TPSA) is 50.8 Å². The minimum atomic E-state index is 0. The summed E-state index contributed by atoms with van der Waals surface area (Å²) in [4.78, 5) is 14.6. The molecule has 5 nitrogen and oxygen atoms in total. The van der Waals surface area contributed by atoms with Crippen molar-refractivity contribution >= 4 is 40.9 Å². The molecule has 1 aliphatic rings. The van der Waals surface area contributed by atoms with Gasteiger partial charge < -0.3 is 19.7 Å². The first-order chi connectivity index (χ1) is 9.58. The Hall–Kier alpha value is -0.730. The lowest BCUT2D eigenvalue weighted by Crippen LogP contribution is -2.52. The standard InChI is InChI=1S/C14H19IN2O3.ClH/c1-9-8-16-4-5-17(9)14(18)10-6-12(19-2)13(20-3)7-11(10)15;/h6-7,9,16H,4-5,8H2,1-3H3;1H. The zero-order valence-electron chi connectivity index (χ0n) is 12.3. The molecule has 0 spiro atoms. The molecular weight excluding hydrogens is 407 g/mol. The minimum absolute atomic E-state index is 0. The quantitative estimate of drug-likeness (QED) is 0.753. The Kier molecular flexibility index (Phi) is 7.02. The van der Waals surface area contributed by atoms with Gasteiger partial charge in [0, 0.05) is 29.2 Å². The van der Waals surface area contributed by atoms with E-state index in [1.165, 1.54) is 0 Å². The zero-order valence-corrected chi connectivity index (χ0v) is 15.3. The first-order valence-corrected chi connectivity index (χ1v) is 7.59. The Morgan fingerprint density at radius 2 is 1.95 bits per heavy atom. The van der Waals surface area contributed by atoms with Crippen molar-refractivity contribution in [3.05, 3.63) is 21.3 Å². The number of halogens is 2. The summed E-state index contributed by atoms with van der Waals surface area (Å²) in [5, 5.41) is 3.29.